The molecule has 1 aliphatic rings. The minimum atomic E-state index is -0.265. The minimum absolute atomic E-state index is 0.00889. The quantitative estimate of drug-likeness (QED) is 0.788. The zero-order valence-electron chi connectivity index (χ0n) is 16.5. The Morgan fingerprint density at radius 3 is 2.46 bits per heavy atom. The van der Waals surface area contributed by atoms with Gasteiger partial charge < -0.3 is 5.32 Å². The molecule has 0 spiro atoms. The maximum atomic E-state index is 14.0. The molecule has 6 heteroatoms. The van der Waals surface area contributed by atoms with Gasteiger partial charge in [0.2, 0.25) is 5.91 Å². The number of hydrogen-bond acceptors (Lipinski definition) is 3. The van der Waals surface area contributed by atoms with Crippen LogP contribution in [-0.4, -0.2) is 48.4 Å². The van der Waals surface area contributed by atoms with Crippen molar-refractivity contribution in [2.24, 2.45) is 0 Å². The largest absolute Gasteiger partial charge is 0.324 e. The van der Waals surface area contributed by atoms with Crippen LogP contribution in [0.1, 0.15) is 23.6 Å². The number of nitrogens with one attached hydrogen (secondary N) is 1. The van der Waals surface area contributed by atoms with Crippen molar-refractivity contribution >= 4 is 23.2 Å². The molecule has 2 aromatic rings. The number of rotatable bonds is 6. The first kappa shape index (κ1) is 20.8. The van der Waals surface area contributed by atoms with Gasteiger partial charge in [0.15, 0.2) is 0 Å². The fourth-order valence-electron chi connectivity index (χ4n) is 3.60. The van der Waals surface area contributed by atoms with E-state index in [4.69, 9.17) is 11.6 Å². The lowest BCUT2D eigenvalue weighted by atomic mass is 10.1. The molecule has 28 heavy (non-hydrogen) atoms. The Morgan fingerprint density at radius 2 is 1.79 bits per heavy atom. The Hall–Kier alpha value is -1.95. The smallest absolute Gasteiger partial charge is 0.238 e. The van der Waals surface area contributed by atoms with E-state index < -0.39 is 0 Å². The van der Waals surface area contributed by atoms with Gasteiger partial charge in [-0.1, -0.05) is 42.8 Å². The number of carbonyl (C=O) groups excluding carboxylic acids is 1. The first-order chi connectivity index (χ1) is 13.5. The van der Waals surface area contributed by atoms with E-state index in [1.165, 1.54) is 6.07 Å². The highest BCUT2D eigenvalue weighted by Gasteiger charge is 2.21. The van der Waals surface area contributed by atoms with Gasteiger partial charge in [0.05, 0.1) is 6.54 Å². The Morgan fingerprint density at radius 1 is 1.11 bits per heavy atom. The van der Waals surface area contributed by atoms with Crippen molar-refractivity contribution in [3.8, 4) is 0 Å². The number of halogens is 2. The number of piperazine rings is 1. The van der Waals surface area contributed by atoms with E-state index in [1.807, 2.05) is 19.1 Å². The van der Waals surface area contributed by atoms with Crippen LogP contribution in [0.25, 0.3) is 0 Å². The molecule has 1 fully saturated rings. The average Bonchev–Trinajstić information content (AvgIpc) is 2.68. The third-order valence-electron chi connectivity index (χ3n) is 5.28. The second kappa shape index (κ2) is 9.50. The van der Waals surface area contributed by atoms with Gasteiger partial charge in [0.1, 0.15) is 5.82 Å². The number of aryl methyl sites for hydroxylation is 2. The second-order valence-electron chi connectivity index (χ2n) is 7.26. The molecule has 3 rings (SSSR count). The van der Waals surface area contributed by atoms with Crippen LogP contribution in [0.5, 0.6) is 0 Å². The van der Waals surface area contributed by atoms with Crippen LogP contribution in [-0.2, 0) is 17.8 Å². The van der Waals surface area contributed by atoms with Gasteiger partial charge in [0, 0.05) is 49.0 Å². The van der Waals surface area contributed by atoms with Crippen molar-refractivity contribution in [2.75, 3.05) is 38.0 Å². The van der Waals surface area contributed by atoms with Crippen LogP contribution in [0.2, 0.25) is 5.02 Å². The van der Waals surface area contributed by atoms with Gasteiger partial charge in [-0.25, -0.2) is 4.39 Å². The van der Waals surface area contributed by atoms with E-state index in [1.54, 1.807) is 12.1 Å². The Balaban J connectivity index is 1.51. The molecule has 1 saturated heterocycles. The molecule has 1 amide bonds. The minimum Gasteiger partial charge on any atom is -0.324 e. The van der Waals surface area contributed by atoms with Gasteiger partial charge in [-0.05, 0) is 36.6 Å². The van der Waals surface area contributed by atoms with Crippen LogP contribution >= 0.6 is 11.6 Å². The molecule has 2 aromatic carbocycles. The van der Waals surface area contributed by atoms with Gasteiger partial charge in [-0.2, -0.15) is 0 Å². The molecule has 0 aromatic heterocycles. The highest BCUT2D eigenvalue weighted by atomic mass is 35.5. The van der Waals surface area contributed by atoms with E-state index >= 15 is 0 Å². The summed E-state index contributed by atoms with van der Waals surface area (Å²) in [5.41, 5.74) is 3.71. The Kier molecular flexibility index (Phi) is 7.05. The number of hydrogen-bond donors (Lipinski definition) is 1. The third-order valence-corrected chi connectivity index (χ3v) is 5.63. The predicted octanol–water partition coefficient (Wildman–Crippen LogP) is 4.11. The van der Waals surface area contributed by atoms with Crippen molar-refractivity contribution in [3.05, 3.63) is 63.9 Å². The second-order valence-corrected chi connectivity index (χ2v) is 7.67. The molecular weight excluding hydrogens is 377 g/mol. The summed E-state index contributed by atoms with van der Waals surface area (Å²) in [5.74, 6) is -0.256. The highest BCUT2D eigenvalue weighted by molar-refractivity contribution is 6.31. The predicted molar refractivity (Wildman–Crippen MR) is 112 cm³/mol. The number of carbonyl (C=O) groups is 1. The van der Waals surface area contributed by atoms with Crippen LogP contribution in [0, 0.1) is 12.7 Å². The van der Waals surface area contributed by atoms with Crippen molar-refractivity contribution in [2.45, 2.75) is 26.8 Å². The van der Waals surface area contributed by atoms with Crippen LogP contribution in [0.15, 0.2) is 36.4 Å². The molecule has 0 radical (unpaired) electrons. The van der Waals surface area contributed by atoms with E-state index in [2.05, 4.69) is 28.1 Å². The van der Waals surface area contributed by atoms with Gasteiger partial charge in [0.25, 0.3) is 0 Å². The molecule has 0 aliphatic carbocycles. The third kappa shape index (κ3) is 5.10. The first-order valence-corrected chi connectivity index (χ1v) is 10.1. The van der Waals surface area contributed by atoms with E-state index in [0.29, 0.717) is 23.7 Å². The van der Waals surface area contributed by atoms with Crippen molar-refractivity contribution in [1.29, 1.82) is 0 Å². The Labute approximate surface area is 171 Å². The summed E-state index contributed by atoms with van der Waals surface area (Å²) in [4.78, 5) is 16.8. The molecule has 0 saturated carbocycles. The SMILES string of the molecule is CCc1cccc(C)c1NC(=O)CN1CCN(Cc2c(F)cccc2Cl)CC1. The van der Waals surface area contributed by atoms with Crippen LogP contribution in [0.4, 0.5) is 10.1 Å². The molecule has 0 unspecified atom stereocenters. The van der Waals surface area contributed by atoms with Crippen LogP contribution in [0.3, 0.4) is 0 Å². The summed E-state index contributed by atoms with van der Waals surface area (Å²) < 4.78 is 14.0. The lowest BCUT2D eigenvalue weighted by molar-refractivity contribution is -0.117. The highest BCUT2D eigenvalue weighted by Crippen LogP contribution is 2.22. The summed E-state index contributed by atoms with van der Waals surface area (Å²) in [7, 11) is 0. The zero-order chi connectivity index (χ0) is 20.1. The van der Waals surface area contributed by atoms with E-state index in [0.717, 1.165) is 49.4 Å². The summed E-state index contributed by atoms with van der Waals surface area (Å²) in [6.07, 6.45) is 0.884. The molecule has 1 N–H and O–H groups in total. The number of para-hydroxylation sites is 1. The number of benzene rings is 2. The number of anilines is 1. The zero-order valence-corrected chi connectivity index (χ0v) is 17.2. The summed E-state index contributed by atoms with van der Waals surface area (Å²) in [5, 5.41) is 3.55. The molecule has 1 heterocycles. The first-order valence-electron chi connectivity index (χ1n) is 9.74. The lowest BCUT2D eigenvalue weighted by Gasteiger charge is -2.34. The van der Waals surface area contributed by atoms with E-state index in [-0.39, 0.29) is 11.7 Å². The van der Waals surface area contributed by atoms with Crippen molar-refractivity contribution in [3.63, 3.8) is 0 Å². The summed E-state index contributed by atoms with van der Waals surface area (Å²) >= 11 is 6.13. The molecule has 4 nitrogen and oxygen atoms in total. The molecule has 0 bridgehead atoms. The lowest BCUT2D eigenvalue weighted by Crippen LogP contribution is -2.48. The number of amides is 1. The van der Waals surface area contributed by atoms with Crippen molar-refractivity contribution < 1.29 is 9.18 Å². The monoisotopic (exact) mass is 403 g/mol. The average molecular weight is 404 g/mol. The fraction of sp³-hybridized carbons (Fsp3) is 0.409. The van der Waals surface area contributed by atoms with Gasteiger partial charge >= 0.3 is 0 Å². The summed E-state index contributed by atoms with van der Waals surface area (Å²) in [6, 6.07) is 10.9. The summed E-state index contributed by atoms with van der Waals surface area (Å²) in [6.45, 7) is 8.07. The van der Waals surface area contributed by atoms with Gasteiger partial charge in [-0.15, -0.1) is 0 Å². The molecule has 150 valence electrons. The van der Waals surface area contributed by atoms with Crippen LogP contribution < -0.4 is 5.32 Å². The van der Waals surface area contributed by atoms with E-state index in [9.17, 15) is 9.18 Å². The molecule has 1 aliphatic heterocycles. The maximum absolute atomic E-state index is 14.0. The fourth-order valence-corrected chi connectivity index (χ4v) is 3.82. The molecule has 0 atom stereocenters. The number of nitrogens with zero attached hydrogens (tertiary/aromatic N) is 2. The molecular formula is C22H27ClFN3O. The van der Waals surface area contributed by atoms with Gasteiger partial charge in [-0.3, -0.25) is 14.6 Å². The maximum Gasteiger partial charge on any atom is 0.238 e. The topological polar surface area (TPSA) is 35.6 Å². The Bertz CT molecular complexity index is 814. The van der Waals surface area contributed by atoms with Crippen molar-refractivity contribution in [1.82, 2.24) is 9.80 Å². The normalized spacial score (nSPS) is 15.6. The standard InChI is InChI=1S/C22H27ClFN3O/c1-3-17-7-4-6-16(2)22(17)25-21(28)15-27-12-10-26(11-13-27)14-18-19(23)8-5-9-20(18)24/h4-9H,3,10-15H2,1-2H3,(H,25,28).